The molecule has 0 aliphatic heterocycles. The van der Waals surface area contributed by atoms with Gasteiger partial charge in [-0.15, -0.1) is 0 Å². The lowest BCUT2D eigenvalue weighted by atomic mass is 10.3. The summed E-state index contributed by atoms with van der Waals surface area (Å²) >= 11 is 8.96. The Kier molecular flexibility index (Phi) is 2.86. The van der Waals surface area contributed by atoms with E-state index in [-0.39, 0.29) is 5.69 Å². The number of hydrogen-bond acceptors (Lipinski definition) is 2. The second-order valence-corrected chi connectivity index (χ2v) is 2.89. The molecular weight excluding hydrogens is 227 g/mol. The van der Waals surface area contributed by atoms with Crippen molar-refractivity contribution >= 4 is 27.5 Å². The zero-order valence-corrected chi connectivity index (χ0v) is 7.85. The molecule has 0 spiro atoms. The fourth-order valence-corrected chi connectivity index (χ4v) is 1.17. The van der Waals surface area contributed by atoms with E-state index in [1.165, 1.54) is 0 Å². The van der Waals surface area contributed by atoms with Crippen LogP contribution in [0.5, 0.6) is 0 Å². The Morgan fingerprint density at radius 2 is 2.45 bits per heavy atom. The summed E-state index contributed by atoms with van der Waals surface area (Å²) in [6, 6.07) is 3.61. The first-order valence-electron chi connectivity index (χ1n) is 2.88. The number of pyridine rings is 1. The minimum absolute atomic E-state index is 0.274. The highest BCUT2D eigenvalue weighted by molar-refractivity contribution is 9.08. The third-order valence-electron chi connectivity index (χ3n) is 1.16. The van der Waals surface area contributed by atoms with Gasteiger partial charge in [0.2, 0.25) is 0 Å². The van der Waals surface area contributed by atoms with Crippen molar-refractivity contribution in [3.05, 3.63) is 28.5 Å². The SMILES string of the molecule is N#Cc1ncc(CBr)cc1Cl. The van der Waals surface area contributed by atoms with E-state index in [4.69, 9.17) is 16.9 Å². The Balaban J connectivity index is 3.12. The number of rotatable bonds is 1. The smallest absolute Gasteiger partial charge is 0.159 e. The highest BCUT2D eigenvalue weighted by atomic mass is 79.9. The van der Waals surface area contributed by atoms with Crippen LogP contribution in [0.3, 0.4) is 0 Å². The zero-order chi connectivity index (χ0) is 8.27. The molecule has 0 aliphatic carbocycles. The molecule has 0 bridgehead atoms. The fraction of sp³-hybridized carbons (Fsp3) is 0.143. The molecule has 4 heteroatoms. The number of nitrogens with zero attached hydrogens (tertiary/aromatic N) is 2. The van der Waals surface area contributed by atoms with E-state index < -0.39 is 0 Å². The zero-order valence-electron chi connectivity index (χ0n) is 5.51. The highest BCUT2D eigenvalue weighted by Crippen LogP contribution is 2.15. The van der Waals surface area contributed by atoms with Crippen LogP contribution in [0.15, 0.2) is 12.3 Å². The van der Waals surface area contributed by atoms with E-state index in [1.54, 1.807) is 12.3 Å². The van der Waals surface area contributed by atoms with Gasteiger partial charge in [0.15, 0.2) is 5.69 Å². The molecule has 11 heavy (non-hydrogen) atoms. The van der Waals surface area contributed by atoms with Gasteiger partial charge < -0.3 is 0 Å². The molecule has 2 nitrogen and oxygen atoms in total. The Hall–Kier alpha value is -0.590. The van der Waals surface area contributed by atoms with Crippen LogP contribution in [0.2, 0.25) is 5.02 Å². The average molecular weight is 231 g/mol. The first-order chi connectivity index (χ1) is 5.27. The molecule has 0 N–H and O–H groups in total. The molecule has 0 saturated carbocycles. The lowest BCUT2D eigenvalue weighted by molar-refractivity contribution is 1.22. The van der Waals surface area contributed by atoms with Crippen molar-refractivity contribution in [2.24, 2.45) is 0 Å². The Morgan fingerprint density at radius 3 is 2.91 bits per heavy atom. The molecule has 0 aliphatic rings. The summed E-state index contributed by atoms with van der Waals surface area (Å²) in [4.78, 5) is 3.84. The van der Waals surface area contributed by atoms with E-state index in [0.29, 0.717) is 10.4 Å². The number of nitriles is 1. The molecule has 1 aromatic heterocycles. The van der Waals surface area contributed by atoms with Crippen LogP contribution in [0.4, 0.5) is 0 Å². The second-order valence-electron chi connectivity index (χ2n) is 1.92. The van der Waals surface area contributed by atoms with Crippen molar-refractivity contribution in [2.75, 3.05) is 0 Å². The third kappa shape index (κ3) is 1.92. The van der Waals surface area contributed by atoms with Gasteiger partial charge in [0.25, 0.3) is 0 Å². The minimum atomic E-state index is 0.274. The lowest BCUT2D eigenvalue weighted by Crippen LogP contribution is -1.86. The monoisotopic (exact) mass is 230 g/mol. The van der Waals surface area contributed by atoms with Crippen molar-refractivity contribution < 1.29 is 0 Å². The normalized spacial score (nSPS) is 9.18. The van der Waals surface area contributed by atoms with Gasteiger partial charge in [0.05, 0.1) is 5.02 Å². The van der Waals surface area contributed by atoms with E-state index in [1.807, 2.05) is 6.07 Å². The third-order valence-corrected chi connectivity index (χ3v) is 2.09. The Bertz CT molecular complexity index is 306. The van der Waals surface area contributed by atoms with Crippen molar-refractivity contribution in [3.63, 3.8) is 0 Å². The fourth-order valence-electron chi connectivity index (χ4n) is 0.633. The van der Waals surface area contributed by atoms with Gasteiger partial charge in [-0.1, -0.05) is 27.5 Å². The number of aromatic nitrogens is 1. The molecule has 1 rings (SSSR count). The maximum Gasteiger partial charge on any atom is 0.159 e. The Morgan fingerprint density at radius 1 is 1.73 bits per heavy atom. The lowest BCUT2D eigenvalue weighted by Gasteiger charge is -1.95. The summed E-state index contributed by atoms with van der Waals surface area (Å²) < 4.78 is 0. The predicted molar refractivity (Wildman–Crippen MR) is 46.6 cm³/mol. The molecule has 56 valence electrons. The van der Waals surface area contributed by atoms with E-state index in [0.717, 1.165) is 5.56 Å². The largest absolute Gasteiger partial charge is 0.244 e. The van der Waals surface area contributed by atoms with Gasteiger partial charge >= 0.3 is 0 Å². The van der Waals surface area contributed by atoms with Crippen LogP contribution in [0.1, 0.15) is 11.3 Å². The van der Waals surface area contributed by atoms with Crippen LogP contribution in [0, 0.1) is 11.3 Å². The second kappa shape index (κ2) is 3.70. The molecule has 0 radical (unpaired) electrons. The first-order valence-corrected chi connectivity index (χ1v) is 4.38. The van der Waals surface area contributed by atoms with E-state index in [2.05, 4.69) is 20.9 Å². The molecule has 0 fully saturated rings. The van der Waals surface area contributed by atoms with E-state index >= 15 is 0 Å². The summed E-state index contributed by atoms with van der Waals surface area (Å²) in [6.07, 6.45) is 1.62. The molecule has 1 heterocycles. The standard InChI is InChI=1S/C7H4BrClN2/c8-2-5-1-6(9)7(3-10)11-4-5/h1,4H,2H2. The molecule has 1 aromatic rings. The molecule has 0 atom stereocenters. The van der Waals surface area contributed by atoms with E-state index in [9.17, 15) is 0 Å². The van der Waals surface area contributed by atoms with Crippen LogP contribution in [0.25, 0.3) is 0 Å². The maximum absolute atomic E-state index is 8.47. The predicted octanol–water partition coefficient (Wildman–Crippen LogP) is 2.50. The first kappa shape index (κ1) is 8.51. The molecule has 0 amide bonds. The number of halogens is 2. The summed E-state index contributed by atoms with van der Waals surface area (Å²) in [5.41, 5.74) is 1.24. The van der Waals surface area contributed by atoms with Gasteiger partial charge in [0.1, 0.15) is 6.07 Å². The van der Waals surface area contributed by atoms with Crippen molar-refractivity contribution in [3.8, 4) is 6.07 Å². The molecular formula is C7H4BrClN2. The minimum Gasteiger partial charge on any atom is -0.244 e. The van der Waals surface area contributed by atoms with Crippen LogP contribution in [-0.2, 0) is 5.33 Å². The molecule has 0 unspecified atom stereocenters. The highest BCUT2D eigenvalue weighted by Gasteiger charge is 2.00. The van der Waals surface area contributed by atoms with Gasteiger partial charge in [-0.2, -0.15) is 5.26 Å². The van der Waals surface area contributed by atoms with Gasteiger partial charge in [-0.3, -0.25) is 0 Å². The Labute approximate surface area is 77.9 Å². The number of alkyl halides is 1. The van der Waals surface area contributed by atoms with Crippen molar-refractivity contribution in [1.82, 2.24) is 4.98 Å². The van der Waals surface area contributed by atoms with Gasteiger partial charge in [-0.05, 0) is 11.6 Å². The summed E-state index contributed by atoms with van der Waals surface area (Å²) in [5, 5.41) is 9.58. The van der Waals surface area contributed by atoms with Gasteiger partial charge in [-0.25, -0.2) is 4.98 Å². The van der Waals surface area contributed by atoms with Crippen molar-refractivity contribution in [1.29, 1.82) is 5.26 Å². The van der Waals surface area contributed by atoms with Crippen LogP contribution in [-0.4, -0.2) is 4.98 Å². The topological polar surface area (TPSA) is 36.7 Å². The number of hydrogen-bond donors (Lipinski definition) is 0. The summed E-state index contributed by atoms with van der Waals surface area (Å²) in [5.74, 6) is 0. The quantitative estimate of drug-likeness (QED) is 0.696. The average Bonchev–Trinajstić information content (AvgIpc) is 2.04. The van der Waals surface area contributed by atoms with Crippen molar-refractivity contribution in [2.45, 2.75) is 5.33 Å². The summed E-state index contributed by atoms with van der Waals surface area (Å²) in [7, 11) is 0. The molecule has 0 aromatic carbocycles. The summed E-state index contributed by atoms with van der Waals surface area (Å²) in [6.45, 7) is 0. The molecule has 0 saturated heterocycles. The maximum atomic E-state index is 8.47. The van der Waals surface area contributed by atoms with Crippen LogP contribution < -0.4 is 0 Å². The van der Waals surface area contributed by atoms with Gasteiger partial charge in [0, 0.05) is 11.5 Å². The van der Waals surface area contributed by atoms with Crippen LogP contribution >= 0.6 is 27.5 Å².